The van der Waals surface area contributed by atoms with Gasteiger partial charge >= 0.3 is 0 Å². The maximum atomic E-state index is 6.23. The van der Waals surface area contributed by atoms with E-state index >= 15 is 0 Å². The zero-order chi connectivity index (χ0) is 20.5. The Bertz CT molecular complexity index is 859. The second-order valence-electron chi connectivity index (χ2n) is 7.24. The third-order valence-corrected chi connectivity index (χ3v) is 5.19. The molecular weight excluding hydrogens is 360 g/mol. The molecule has 3 rings (SSSR count). The minimum atomic E-state index is -0.416. The molecule has 0 aliphatic carbocycles. The Labute approximate surface area is 174 Å². The van der Waals surface area contributed by atoms with Crippen LogP contribution in [0.1, 0.15) is 42.9 Å². The molecule has 0 saturated carbocycles. The van der Waals surface area contributed by atoms with Gasteiger partial charge in [-0.1, -0.05) is 74.5 Å². The van der Waals surface area contributed by atoms with Crippen molar-refractivity contribution in [3.63, 3.8) is 0 Å². The SMILES string of the molecule is CCC(C)c1ccc(OC(Cc2ccccc2OC)OCc2ccccc2)cc1. The Morgan fingerprint density at radius 1 is 0.828 bits per heavy atom. The first-order valence-corrected chi connectivity index (χ1v) is 10.2. The van der Waals surface area contributed by atoms with Crippen LogP contribution in [0.3, 0.4) is 0 Å². The summed E-state index contributed by atoms with van der Waals surface area (Å²) in [7, 11) is 1.69. The fourth-order valence-corrected chi connectivity index (χ4v) is 3.21. The number of benzene rings is 3. The molecule has 3 heteroatoms. The number of hydrogen-bond donors (Lipinski definition) is 0. The number of rotatable bonds is 10. The number of para-hydroxylation sites is 1. The molecule has 2 atom stereocenters. The molecule has 0 aliphatic heterocycles. The molecule has 3 aromatic carbocycles. The summed E-state index contributed by atoms with van der Waals surface area (Å²) in [4.78, 5) is 0. The van der Waals surface area contributed by atoms with E-state index in [1.165, 1.54) is 5.56 Å². The standard InChI is InChI=1S/C26H30O3/c1-4-20(2)22-14-16-24(17-15-22)29-26(28-19-21-10-6-5-7-11-21)18-23-12-8-9-13-25(23)27-3/h5-17,20,26H,4,18-19H2,1-3H3. The predicted molar refractivity (Wildman–Crippen MR) is 117 cm³/mol. The fourth-order valence-electron chi connectivity index (χ4n) is 3.21. The van der Waals surface area contributed by atoms with Gasteiger partial charge < -0.3 is 14.2 Å². The van der Waals surface area contributed by atoms with Gasteiger partial charge in [0.2, 0.25) is 6.29 Å². The highest BCUT2D eigenvalue weighted by Crippen LogP contribution is 2.25. The normalized spacial score (nSPS) is 12.9. The van der Waals surface area contributed by atoms with Crippen LogP contribution in [0.5, 0.6) is 11.5 Å². The van der Waals surface area contributed by atoms with Crippen molar-refractivity contribution in [2.24, 2.45) is 0 Å². The average molecular weight is 391 g/mol. The lowest BCUT2D eigenvalue weighted by atomic mass is 9.99. The van der Waals surface area contributed by atoms with Crippen LogP contribution in [0, 0.1) is 0 Å². The highest BCUT2D eigenvalue weighted by atomic mass is 16.7. The summed E-state index contributed by atoms with van der Waals surface area (Å²) in [6.45, 7) is 4.94. The van der Waals surface area contributed by atoms with Crippen LogP contribution in [0.2, 0.25) is 0 Å². The minimum Gasteiger partial charge on any atom is -0.496 e. The van der Waals surface area contributed by atoms with Gasteiger partial charge in [0.25, 0.3) is 0 Å². The second-order valence-corrected chi connectivity index (χ2v) is 7.24. The van der Waals surface area contributed by atoms with Crippen LogP contribution >= 0.6 is 0 Å². The van der Waals surface area contributed by atoms with Crippen LogP contribution in [0.25, 0.3) is 0 Å². The number of ether oxygens (including phenoxy) is 3. The summed E-state index contributed by atoms with van der Waals surface area (Å²) in [6.07, 6.45) is 1.31. The minimum absolute atomic E-state index is 0.416. The van der Waals surface area contributed by atoms with Crippen molar-refractivity contribution in [1.29, 1.82) is 0 Å². The van der Waals surface area contributed by atoms with Crippen LogP contribution in [0.4, 0.5) is 0 Å². The number of hydrogen-bond acceptors (Lipinski definition) is 3. The molecule has 3 nitrogen and oxygen atoms in total. The summed E-state index contributed by atoms with van der Waals surface area (Å²) < 4.78 is 17.9. The summed E-state index contributed by atoms with van der Waals surface area (Å²) in [5.41, 5.74) is 3.50. The van der Waals surface area contributed by atoms with Crippen molar-refractivity contribution >= 4 is 0 Å². The maximum Gasteiger partial charge on any atom is 0.204 e. The van der Waals surface area contributed by atoms with E-state index in [-0.39, 0.29) is 0 Å². The van der Waals surface area contributed by atoms with E-state index in [2.05, 4.69) is 38.1 Å². The topological polar surface area (TPSA) is 27.7 Å². The molecule has 3 aromatic rings. The maximum absolute atomic E-state index is 6.23. The van der Waals surface area contributed by atoms with Gasteiger partial charge in [-0.25, -0.2) is 0 Å². The zero-order valence-corrected chi connectivity index (χ0v) is 17.5. The molecule has 152 valence electrons. The van der Waals surface area contributed by atoms with Gasteiger partial charge in [0.05, 0.1) is 13.7 Å². The molecule has 2 unspecified atom stereocenters. The van der Waals surface area contributed by atoms with Gasteiger partial charge in [-0.3, -0.25) is 0 Å². The van der Waals surface area contributed by atoms with Gasteiger partial charge in [0, 0.05) is 12.0 Å². The second kappa shape index (κ2) is 10.7. The molecule has 0 N–H and O–H groups in total. The molecule has 29 heavy (non-hydrogen) atoms. The van der Waals surface area contributed by atoms with E-state index in [0.717, 1.165) is 29.0 Å². The lowest BCUT2D eigenvalue weighted by molar-refractivity contribution is -0.0882. The highest BCUT2D eigenvalue weighted by molar-refractivity contribution is 5.34. The van der Waals surface area contributed by atoms with E-state index in [1.807, 2.05) is 54.6 Å². The smallest absolute Gasteiger partial charge is 0.204 e. The van der Waals surface area contributed by atoms with Gasteiger partial charge in [0.15, 0.2) is 0 Å². The van der Waals surface area contributed by atoms with Crippen molar-refractivity contribution in [3.05, 3.63) is 95.6 Å². The molecule has 0 aliphatic rings. The Kier molecular flexibility index (Phi) is 7.71. The molecular formula is C26H30O3. The third kappa shape index (κ3) is 6.10. The van der Waals surface area contributed by atoms with Crippen LogP contribution < -0.4 is 9.47 Å². The first kappa shape index (κ1) is 20.9. The Morgan fingerprint density at radius 2 is 1.52 bits per heavy atom. The van der Waals surface area contributed by atoms with Gasteiger partial charge in [0.1, 0.15) is 11.5 Å². The average Bonchev–Trinajstić information content (AvgIpc) is 2.78. The van der Waals surface area contributed by atoms with E-state index in [4.69, 9.17) is 14.2 Å². The van der Waals surface area contributed by atoms with Gasteiger partial charge in [-0.15, -0.1) is 0 Å². The van der Waals surface area contributed by atoms with Crippen LogP contribution in [-0.2, 0) is 17.8 Å². The quantitative estimate of drug-likeness (QED) is 0.376. The Balaban J connectivity index is 1.74. The largest absolute Gasteiger partial charge is 0.496 e. The lowest BCUT2D eigenvalue weighted by Gasteiger charge is -2.21. The molecule has 0 bridgehead atoms. The molecule has 0 saturated heterocycles. The van der Waals surface area contributed by atoms with Crippen molar-refractivity contribution in [3.8, 4) is 11.5 Å². The van der Waals surface area contributed by atoms with Crippen molar-refractivity contribution in [1.82, 2.24) is 0 Å². The molecule has 0 radical (unpaired) electrons. The molecule has 0 spiro atoms. The molecule has 0 amide bonds. The summed E-state index contributed by atoms with van der Waals surface area (Å²) >= 11 is 0. The highest BCUT2D eigenvalue weighted by Gasteiger charge is 2.16. The first-order chi connectivity index (χ1) is 14.2. The van der Waals surface area contributed by atoms with E-state index in [1.54, 1.807) is 7.11 Å². The first-order valence-electron chi connectivity index (χ1n) is 10.2. The van der Waals surface area contributed by atoms with Gasteiger partial charge in [-0.05, 0) is 41.7 Å². The fraction of sp³-hybridized carbons (Fsp3) is 0.308. The van der Waals surface area contributed by atoms with Crippen molar-refractivity contribution in [2.75, 3.05) is 7.11 Å². The number of methoxy groups -OCH3 is 1. The van der Waals surface area contributed by atoms with Gasteiger partial charge in [-0.2, -0.15) is 0 Å². The van der Waals surface area contributed by atoms with Crippen molar-refractivity contribution in [2.45, 2.75) is 45.5 Å². The van der Waals surface area contributed by atoms with E-state index < -0.39 is 6.29 Å². The Morgan fingerprint density at radius 3 is 2.21 bits per heavy atom. The van der Waals surface area contributed by atoms with Crippen molar-refractivity contribution < 1.29 is 14.2 Å². The summed E-state index contributed by atoms with van der Waals surface area (Å²) in [5.74, 6) is 2.20. The van der Waals surface area contributed by atoms with E-state index in [0.29, 0.717) is 18.9 Å². The van der Waals surface area contributed by atoms with Crippen LogP contribution in [-0.4, -0.2) is 13.4 Å². The van der Waals surface area contributed by atoms with Crippen LogP contribution in [0.15, 0.2) is 78.9 Å². The predicted octanol–water partition coefficient (Wildman–Crippen LogP) is 6.37. The Hall–Kier alpha value is -2.78. The monoisotopic (exact) mass is 390 g/mol. The van der Waals surface area contributed by atoms with E-state index in [9.17, 15) is 0 Å². The summed E-state index contributed by atoms with van der Waals surface area (Å²) in [6, 6.07) is 26.5. The zero-order valence-electron chi connectivity index (χ0n) is 17.5. The molecule has 0 fully saturated rings. The molecule has 0 heterocycles. The molecule has 0 aromatic heterocycles. The third-order valence-electron chi connectivity index (χ3n) is 5.19. The summed E-state index contributed by atoms with van der Waals surface area (Å²) in [5, 5.41) is 0. The lowest BCUT2D eigenvalue weighted by Crippen LogP contribution is -2.23.